The van der Waals surface area contributed by atoms with Crippen molar-refractivity contribution in [1.29, 1.82) is 0 Å². The van der Waals surface area contributed by atoms with Gasteiger partial charge >= 0.3 is 5.97 Å². The Bertz CT molecular complexity index is 1020. The summed E-state index contributed by atoms with van der Waals surface area (Å²) < 4.78 is 21.3. The lowest BCUT2D eigenvalue weighted by Crippen LogP contribution is -2.42. The fourth-order valence-electron chi connectivity index (χ4n) is 5.96. The number of piperidine rings is 1. The summed E-state index contributed by atoms with van der Waals surface area (Å²) >= 11 is 2.10. The zero-order valence-electron chi connectivity index (χ0n) is 21.4. The van der Waals surface area contributed by atoms with Crippen LogP contribution in [0.4, 0.5) is 4.39 Å². The van der Waals surface area contributed by atoms with E-state index in [1.165, 1.54) is 25.7 Å². The number of halogens is 1. The first-order valence-electron chi connectivity index (χ1n) is 13.3. The van der Waals surface area contributed by atoms with Crippen LogP contribution >= 0.6 is 11.8 Å². The summed E-state index contributed by atoms with van der Waals surface area (Å²) in [5.41, 5.74) is 7.54. The maximum absolute atomic E-state index is 15.9. The molecule has 1 aromatic heterocycles. The Hall–Kier alpha value is -1.90. The van der Waals surface area contributed by atoms with Crippen LogP contribution in [0.1, 0.15) is 75.1 Å². The average molecular weight is 518 g/mol. The highest BCUT2D eigenvalue weighted by atomic mass is 32.2. The molecule has 0 radical (unpaired) electrons. The Balaban J connectivity index is 1.41. The molecule has 0 amide bonds. The molecule has 2 aliphatic rings. The number of ether oxygens (including phenoxy) is 1. The lowest BCUT2D eigenvalue weighted by Gasteiger charge is -2.41. The second kappa shape index (κ2) is 12.6. The SMILES string of the molecule is COc1ccc2ncc(CN)c(C(F)CCC3(CC(=O)O)CCN(CCSC4CCCC4)CC3)c2c1. The quantitative estimate of drug-likeness (QED) is 0.372. The van der Waals surface area contributed by atoms with Gasteiger partial charge in [0.2, 0.25) is 0 Å². The molecular weight excluding hydrogens is 477 g/mol. The van der Waals surface area contributed by atoms with Crippen LogP contribution < -0.4 is 10.5 Å². The van der Waals surface area contributed by atoms with Crippen LogP contribution in [0, 0.1) is 5.41 Å². The van der Waals surface area contributed by atoms with Crippen molar-refractivity contribution in [3.8, 4) is 5.75 Å². The standard InChI is InChI=1S/C28H40FN3O3S/c1-35-21-6-7-25-23(16-21)27(20(18-30)19-31-25)24(29)8-9-28(17-26(33)34)10-12-32(13-11-28)14-15-36-22-4-2-3-5-22/h6-7,16,19,22,24H,2-5,8-15,17-18,30H2,1H3,(H,33,34). The van der Waals surface area contributed by atoms with Crippen molar-refractivity contribution in [3.05, 3.63) is 35.5 Å². The number of pyridine rings is 1. The Kier molecular flexibility index (Phi) is 9.47. The zero-order valence-corrected chi connectivity index (χ0v) is 22.2. The van der Waals surface area contributed by atoms with Gasteiger partial charge in [0.1, 0.15) is 11.9 Å². The number of rotatable bonds is 12. The normalized spacial score (nSPS) is 19.5. The highest BCUT2D eigenvalue weighted by Gasteiger charge is 2.37. The summed E-state index contributed by atoms with van der Waals surface area (Å²) in [7, 11) is 1.59. The Labute approximate surface area is 218 Å². The van der Waals surface area contributed by atoms with Crippen LogP contribution in [0.2, 0.25) is 0 Å². The van der Waals surface area contributed by atoms with E-state index in [-0.39, 0.29) is 24.8 Å². The summed E-state index contributed by atoms with van der Waals surface area (Å²) in [5, 5.41) is 11.2. The number of carboxylic acids is 1. The van der Waals surface area contributed by atoms with Crippen LogP contribution in [-0.2, 0) is 11.3 Å². The number of fused-ring (bicyclic) bond motifs is 1. The molecule has 36 heavy (non-hydrogen) atoms. The number of benzene rings is 1. The molecule has 1 atom stereocenters. The summed E-state index contributed by atoms with van der Waals surface area (Å²) in [6.45, 7) is 3.03. The molecule has 1 aliphatic heterocycles. The summed E-state index contributed by atoms with van der Waals surface area (Å²) in [6.07, 6.45) is 8.36. The van der Waals surface area contributed by atoms with Gasteiger partial charge in [0.15, 0.2) is 0 Å². The lowest BCUT2D eigenvalue weighted by atomic mass is 9.71. The predicted molar refractivity (Wildman–Crippen MR) is 144 cm³/mol. The number of nitrogens with zero attached hydrogens (tertiary/aromatic N) is 2. The van der Waals surface area contributed by atoms with Gasteiger partial charge in [0, 0.05) is 41.2 Å². The number of carboxylic acid groups (broad SMARTS) is 1. The highest BCUT2D eigenvalue weighted by Crippen LogP contribution is 2.43. The van der Waals surface area contributed by atoms with Gasteiger partial charge < -0.3 is 20.5 Å². The van der Waals surface area contributed by atoms with Crippen LogP contribution in [0.3, 0.4) is 0 Å². The first-order chi connectivity index (χ1) is 17.4. The van der Waals surface area contributed by atoms with Gasteiger partial charge in [0.25, 0.3) is 0 Å². The second-order valence-corrected chi connectivity index (χ2v) is 11.9. The van der Waals surface area contributed by atoms with E-state index >= 15 is 4.39 Å². The van der Waals surface area contributed by atoms with Crippen molar-refractivity contribution in [2.75, 3.05) is 32.5 Å². The minimum absolute atomic E-state index is 0.0963. The van der Waals surface area contributed by atoms with E-state index in [1.807, 2.05) is 18.2 Å². The number of nitrogens with two attached hydrogens (primary N) is 1. The smallest absolute Gasteiger partial charge is 0.303 e. The number of aliphatic carboxylic acids is 1. The first-order valence-corrected chi connectivity index (χ1v) is 14.3. The molecule has 1 saturated carbocycles. The van der Waals surface area contributed by atoms with Crippen molar-refractivity contribution in [1.82, 2.24) is 9.88 Å². The number of carbonyl (C=O) groups is 1. The lowest BCUT2D eigenvalue weighted by molar-refractivity contribution is -0.141. The molecule has 198 valence electrons. The van der Waals surface area contributed by atoms with Crippen LogP contribution in [0.15, 0.2) is 24.4 Å². The van der Waals surface area contributed by atoms with Crippen molar-refractivity contribution in [2.45, 2.75) is 75.8 Å². The molecular formula is C28H40FN3O3S. The van der Waals surface area contributed by atoms with Crippen LogP contribution in [0.25, 0.3) is 10.9 Å². The summed E-state index contributed by atoms with van der Waals surface area (Å²) in [4.78, 5) is 18.7. The third-order valence-corrected chi connectivity index (χ3v) is 9.53. The van der Waals surface area contributed by atoms with Crippen LogP contribution in [0.5, 0.6) is 5.75 Å². The molecule has 1 aliphatic carbocycles. The third-order valence-electron chi connectivity index (χ3n) is 8.17. The van der Waals surface area contributed by atoms with E-state index < -0.39 is 12.1 Å². The molecule has 6 nitrogen and oxygen atoms in total. The highest BCUT2D eigenvalue weighted by molar-refractivity contribution is 7.99. The van der Waals surface area contributed by atoms with Gasteiger partial charge in [0.05, 0.1) is 19.0 Å². The van der Waals surface area contributed by atoms with Crippen LogP contribution in [-0.4, -0.2) is 58.7 Å². The van der Waals surface area contributed by atoms with Gasteiger partial charge in [-0.1, -0.05) is 12.8 Å². The summed E-state index contributed by atoms with van der Waals surface area (Å²) in [5.74, 6) is 0.994. The zero-order chi connectivity index (χ0) is 25.5. The van der Waals surface area contributed by atoms with E-state index in [9.17, 15) is 9.90 Å². The predicted octanol–water partition coefficient (Wildman–Crippen LogP) is 5.73. The maximum Gasteiger partial charge on any atom is 0.303 e. The molecule has 2 aromatic rings. The van der Waals surface area contributed by atoms with Gasteiger partial charge in [-0.2, -0.15) is 11.8 Å². The monoisotopic (exact) mass is 517 g/mol. The molecule has 1 unspecified atom stereocenters. The topological polar surface area (TPSA) is 88.7 Å². The van der Waals surface area contributed by atoms with Crippen molar-refractivity contribution < 1.29 is 19.0 Å². The van der Waals surface area contributed by atoms with Gasteiger partial charge in [-0.25, -0.2) is 4.39 Å². The fourth-order valence-corrected chi connectivity index (χ4v) is 7.32. The largest absolute Gasteiger partial charge is 0.497 e. The maximum atomic E-state index is 15.9. The number of alkyl halides is 1. The fraction of sp³-hybridized carbons (Fsp3) is 0.643. The van der Waals surface area contributed by atoms with E-state index in [0.29, 0.717) is 34.2 Å². The minimum atomic E-state index is -1.24. The molecule has 8 heteroatoms. The molecule has 4 rings (SSSR count). The molecule has 1 saturated heterocycles. The number of thioether (sulfide) groups is 1. The number of hydrogen-bond donors (Lipinski definition) is 2. The van der Waals surface area contributed by atoms with E-state index in [2.05, 4.69) is 21.6 Å². The molecule has 0 bridgehead atoms. The number of methoxy groups -OCH3 is 1. The molecule has 1 aromatic carbocycles. The third kappa shape index (κ3) is 6.69. The first kappa shape index (κ1) is 27.1. The number of hydrogen-bond acceptors (Lipinski definition) is 6. The van der Waals surface area contributed by atoms with Gasteiger partial charge in [-0.05, 0) is 80.8 Å². The Morgan fingerprint density at radius 3 is 2.75 bits per heavy atom. The number of aromatic nitrogens is 1. The van der Waals surface area contributed by atoms with Crippen molar-refractivity contribution >= 4 is 28.6 Å². The Morgan fingerprint density at radius 1 is 1.33 bits per heavy atom. The van der Waals surface area contributed by atoms with E-state index in [4.69, 9.17) is 10.5 Å². The molecule has 2 fully saturated rings. The molecule has 2 heterocycles. The molecule has 0 spiro atoms. The van der Waals surface area contributed by atoms with Crippen molar-refractivity contribution in [3.63, 3.8) is 0 Å². The molecule has 3 N–H and O–H groups in total. The average Bonchev–Trinajstić information content (AvgIpc) is 3.40. The van der Waals surface area contributed by atoms with Gasteiger partial charge in [-0.15, -0.1) is 0 Å². The number of likely N-dealkylation sites (tertiary alicyclic amines) is 1. The second-order valence-electron chi connectivity index (χ2n) is 10.5. The summed E-state index contributed by atoms with van der Waals surface area (Å²) in [6, 6.07) is 5.46. The van der Waals surface area contributed by atoms with E-state index in [1.54, 1.807) is 13.3 Å². The minimum Gasteiger partial charge on any atom is -0.497 e. The van der Waals surface area contributed by atoms with E-state index in [0.717, 1.165) is 43.5 Å². The van der Waals surface area contributed by atoms with Crippen molar-refractivity contribution in [2.24, 2.45) is 11.1 Å². The van der Waals surface area contributed by atoms with Gasteiger partial charge in [-0.3, -0.25) is 9.78 Å². The Morgan fingerprint density at radius 2 is 2.08 bits per heavy atom.